The normalized spacial score (nSPS) is 22.4. The number of benzene rings is 1. The van der Waals surface area contributed by atoms with E-state index in [0.717, 1.165) is 24.1 Å². The number of halogens is 2. The van der Waals surface area contributed by atoms with Crippen LogP contribution in [0.1, 0.15) is 30.3 Å². The first-order valence-corrected chi connectivity index (χ1v) is 11.9. The standard InChI is InChI=1S/C20H18ClFN4O3S/c21-11-5-14(22)18-15(6-11)24-17(26(18)12-9-30(28,29)10-12)8-25-16-7-23-4-1-13(16)20(2-3-20)19(25)27/h1,4-7,12,28-29H,2-3,8-10H2. The van der Waals surface area contributed by atoms with Crippen LogP contribution >= 0.6 is 22.2 Å². The van der Waals surface area contributed by atoms with Crippen molar-refractivity contribution in [1.29, 1.82) is 0 Å². The van der Waals surface area contributed by atoms with Crippen LogP contribution < -0.4 is 4.90 Å². The van der Waals surface area contributed by atoms with Crippen molar-refractivity contribution in [2.75, 3.05) is 16.4 Å². The second-order valence-corrected chi connectivity index (χ2v) is 11.0. The Labute approximate surface area is 177 Å². The quantitative estimate of drug-likeness (QED) is 0.629. The summed E-state index contributed by atoms with van der Waals surface area (Å²) < 4.78 is 36.4. The highest BCUT2D eigenvalue weighted by Gasteiger charge is 2.59. The number of carbonyl (C=O) groups is 1. The van der Waals surface area contributed by atoms with E-state index >= 15 is 0 Å². The van der Waals surface area contributed by atoms with Gasteiger partial charge in [0.25, 0.3) is 0 Å². The molecule has 4 heterocycles. The zero-order valence-electron chi connectivity index (χ0n) is 15.8. The number of anilines is 1. The molecule has 0 atom stereocenters. The second kappa shape index (κ2) is 5.94. The molecule has 10 heteroatoms. The van der Waals surface area contributed by atoms with E-state index in [-0.39, 0.29) is 40.5 Å². The molecule has 1 aliphatic carbocycles. The zero-order chi connectivity index (χ0) is 20.8. The van der Waals surface area contributed by atoms with Gasteiger partial charge in [0.2, 0.25) is 5.91 Å². The average Bonchev–Trinajstić information content (AvgIpc) is 3.35. The molecule has 2 N–H and O–H groups in total. The van der Waals surface area contributed by atoms with E-state index in [0.29, 0.717) is 11.3 Å². The maximum atomic E-state index is 14.8. The Kier molecular flexibility index (Phi) is 3.68. The highest BCUT2D eigenvalue weighted by Crippen LogP contribution is 2.58. The Morgan fingerprint density at radius 1 is 1.30 bits per heavy atom. The maximum Gasteiger partial charge on any atom is 0.238 e. The van der Waals surface area contributed by atoms with Gasteiger partial charge in [0, 0.05) is 11.2 Å². The molecule has 1 amide bonds. The molecule has 30 heavy (non-hydrogen) atoms. The number of hydrogen-bond donors (Lipinski definition) is 2. The number of imidazole rings is 1. The van der Waals surface area contributed by atoms with Crippen LogP contribution in [0.2, 0.25) is 5.02 Å². The van der Waals surface area contributed by atoms with Crippen molar-refractivity contribution < 1.29 is 18.3 Å². The molecule has 2 fully saturated rings. The van der Waals surface area contributed by atoms with Gasteiger partial charge in [0.15, 0.2) is 5.82 Å². The summed E-state index contributed by atoms with van der Waals surface area (Å²) in [5.74, 6) is 0.271. The summed E-state index contributed by atoms with van der Waals surface area (Å²) in [5, 5.41) is 0.234. The molecular weight excluding hydrogens is 431 g/mol. The lowest BCUT2D eigenvalue weighted by Gasteiger charge is -2.48. The smallest absolute Gasteiger partial charge is 0.238 e. The number of hydrogen-bond acceptors (Lipinski definition) is 5. The van der Waals surface area contributed by atoms with E-state index in [1.165, 1.54) is 6.07 Å². The second-order valence-electron chi connectivity index (χ2n) is 8.31. The van der Waals surface area contributed by atoms with Gasteiger partial charge in [0.1, 0.15) is 11.3 Å². The van der Waals surface area contributed by atoms with Gasteiger partial charge in [-0.1, -0.05) is 11.6 Å². The number of pyridine rings is 1. The van der Waals surface area contributed by atoms with E-state index in [4.69, 9.17) is 11.6 Å². The van der Waals surface area contributed by atoms with E-state index < -0.39 is 21.8 Å². The number of nitrogens with zero attached hydrogens (tertiary/aromatic N) is 4. The monoisotopic (exact) mass is 448 g/mol. The SMILES string of the molecule is O=C1N(Cc2nc3cc(Cl)cc(F)c3n2C2CS(O)(O)C2)c2cnccc2C12CC2. The molecule has 1 saturated carbocycles. The lowest BCUT2D eigenvalue weighted by molar-refractivity contribution is -0.120. The van der Waals surface area contributed by atoms with Gasteiger partial charge in [-0.2, -0.15) is 10.6 Å². The molecule has 7 nitrogen and oxygen atoms in total. The lowest BCUT2D eigenvalue weighted by Crippen LogP contribution is -2.38. The van der Waals surface area contributed by atoms with Crippen molar-refractivity contribution in [1.82, 2.24) is 14.5 Å². The summed E-state index contributed by atoms with van der Waals surface area (Å²) in [7, 11) is -2.65. The molecule has 1 saturated heterocycles. The predicted molar refractivity (Wildman–Crippen MR) is 113 cm³/mol. The van der Waals surface area contributed by atoms with E-state index in [1.54, 1.807) is 27.9 Å². The lowest BCUT2D eigenvalue weighted by atomic mass is 9.99. The summed E-state index contributed by atoms with van der Waals surface area (Å²) in [5.41, 5.74) is 1.94. The van der Waals surface area contributed by atoms with E-state index in [2.05, 4.69) is 9.97 Å². The molecule has 0 bridgehead atoms. The average molecular weight is 449 g/mol. The first kappa shape index (κ1) is 18.6. The number of aromatic nitrogens is 3. The summed E-state index contributed by atoms with van der Waals surface area (Å²) in [4.78, 5) is 23.7. The van der Waals surface area contributed by atoms with Crippen LogP contribution in [0.5, 0.6) is 0 Å². The fourth-order valence-electron chi connectivity index (χ4n) is 4.81. The van der Waals surface area contributed by atoms with Crippen molar-refractivity contribution in [2.45, 2.75) is 30.8 Å². The Morgan fingerprint density at radius 2 is 2.07 bits per heavy atom. The molecule has 0 unspecified atom stereocenters. The highest BCUT2D eigenvalue weighted by molar-refractivity contribution is 8.25. The summed E-state index contributed by atoms with van der Waals surface area (Å²) in [6.45, 7) is 0.153. The molecule has 0 radical (unpaired) electrons. The molecular formula is C20H18ClFN4O3S. The van der Waals surface area contributed by atoms with Crippen LogP contribution in [0.4, 0.5) is 10.1 Å². The Balaban J connectivity index is 1.47. The van der Waals surface area contributed by atoms with E-state index in [1.807, 2.05) is 6.07 Å². The minimum atomic E-state index is -2.65. The van der Waals surface area contributed by atoms with Gasteiger partial charge in [-0.05, 0) is 36.6 Å². The van der Waals surface area contributed by atoms with Gasteiger partial charge < -0.3 is 9.47 Å². The van der Waals surface area contributed by atoms with Gasteiger partial charge >= 0.3 is 0 Å². The number of carbonyl (C=O) groups excluding carboxylic acids is 1. The molecule has 6 rings (SSSR count). The first-order chi connectivity index (χ1) is 14.3. The number of rotatable bonds is 3. The van der Waals surface area contributed by atoms with Crippen molar-refractivity contribution in [3.05, 3.63) is 52.8 Å². The molecule has 3 aliphatic rings. The van der Waals surface area contributed by atoms with Crippen LogP contribution in [0.3, 0.4) is 0 Å². The Hall–Kier alpha value is -2.20. The summed E-state index contributed by atoms with van der Waals surface area (Å²) in [6.07, 6.45) is 5.00. The third-order valence-electron chi connectivity index (χ3n) is 6.37. The van der Waals surface area contributed by atoms with Crippen LogP contribution in [0.25, 0.3) is 11.0 Å². The predicted octanol–water partition coefficient (Wildman–Crippen LogP) is 4.11. The zero-order valence-corrected chi connectivity index (χ0v) is 17.3. The van der Waals surface area contributed by atoms with Crippen LogP contribution in [-0.4, -0.2) is 41.1 Å². The molecule has 1 aromatic carbocycles. The number of fused-ring (bicyclic) bond motifs is 3. The first-order valence-electron chi connectivity index (χ1n) is 9.65. The van der Waals surface area contributed by atoms with Gasteiger partial charge in [-0.25, -0.2) is 9.37 Å². The van der Waals surface area contributed by atoms with Crippen LogP contribution in [0.15, 0.2) is 30.6 Å². The van der Waals surface area contributed by atoms with E-state index in [9.17, 15) is 18.3 Å². The van der Waals surface area contributed by atoms with Gasteiger partial charge in [-0.3, -0.25) is 18.9 Å². The Bertz CT molecular complexity index is 1230. The van der Waals surface area contributed by atoms with Crippen molar-refractivity contribution in [3.8, 4) is 0 Å². The number of amides is 1. The van der Waals surface area contributed by atoms with Gasteiger partial charge in [0.05, 0.1) is 46.9 Å². The molecule has 156 valence electrons. The minimum Gasteiger partial charge on any atom is -0.318 e. The van der Waals surface area contributed by atoms with Crippen LogP contribution in [-0.2, 0) is 16.8 Å². The maximum absolute atomic E-state index is 14.8. The summed E-state index contributed by atoms with van der Waals surface area (Å²) in [6, 6.07) is 4.40. The summed E-state index contributed by atoms with van der Waals surface area (Å²) >= 11 is 6.03. The van der Waals surface area contributed by atoms with Gasteiger partial charge in [-0.15, -0.1) is 0 Å². The third-order valence-corrected chi connectivity index (χ3v) is 8.43. The third kappa shape index (κ3) is 2.49. The topological polar surface area (TPSA) is 91.5 Å². The minimum absolute atomic E-state index is 0.0144. The van der Waals surface area contributed by atoms with Crippen molar-refractivity contribution in [2.24, 2.45) is 0 Å². The fraction of sp³-hybridized carbons (Fsp3) is 0.350. The highest BCUT2D eigenvalue weighted by atomic mass is 35.5. The van der Waals surface area contributed by atoms with Crippen molar-refractivity contribution in [3.63, 3.8) is 0 Å². The fourth-order valence-corrected chi connectivity index (χ4v) is 6.45. The molecule has 2 aliphatic heterocycles. The largest absolute Gasteiger partial charge is 0.318 e. The Morgan fingerprint density at radius 3 is 2.77 bits per heavy atom. The molecule has 2 aromatic heterocycles. The van der Waals surface area contributed by atoms with Crippen molar-refractivity contribution >= 4 is 44.8 Å². The van der Waals surface area contributed by atoms with Crippen LogP contribution in [0, 0.1) is 5.82 Å². The molecule has 3 aromatic rings. The molecule has 1 spiro atoms.